The predicted molar refractivity (Wildman–Crippen MR) is 68.9 cm³/mol. The maximum absolute atomic E-state index is 6.18. The summed E-state index contributed by atoms with van der Waals surface area (Å²) in [6, 6.07) is 7.78. The molecule has 1 aromatic heterocycles. The lowest BCUT2D eigenvalue weighted by atomic mass is 10.0. The van der Waals surface area contributed by atoms with Gasteiger partial charge < -0.3 is 5.73 Å². The Kier molecular flexibility index (Phi) is 3.71. The number of hydrogen-bond donors (Lipinski definition) is 1. The van der Waals surface area contributed by atoms with Crippen molar-refractivity contribution in [2.45, 2.75) is 19.4 Å². The van der Waals surface area contributed by atoms with Gasteiger partial charge in [0.15, 0.2) is 0 Å². The van der Waals surface area contributed by atoms with E-state index >= 15 is 0 Å². The smallest absolute Gasteiger partial charge is 0.0544 e. The quantitative estimate of drug-likeness (QED) is 0.907. The van der Waals surface area contributed by atoms with Crippen molar-refractivity contribution in [2.24, 2.45) is 5.73 Å². The lowest BCUT2D eigenvalue weighted by molar-refractivity contribution is 0.712. The second-order valence-corrected chi connectivity index (χ2v) is 4.49. The van der Waals surface area contributed by atoms with E-state index in [9.17, 15) is 0 Å². The molecule has 4 heteroatoms. The zero-order valence-corrected chi connectivity index (χ0v) is 10.4. The molecule has 2 rings (SSSR count). The first-order valence-corrected chi connectivity index (χ1v) is 5.82. The maximum Gasteiger partial charge on any atom is 0.0544 e. The fourth-order valence-corrected chi connectivity index (χ4v) is 2.01. The van der Waals surface area contributed by atoms with Crippen LogP contribution in [0.15, 0.2) is 36.7 Å². The van der Waals surface area contributed by atoms with Crippen LogP contribution in [0.25, 0.3) is 0 Å². The Labute approximate surface area is 106 Å². The fraction of sp³-hybridized carbons (Fsp3) is 0.231. The number of rotatable bonds is 3. The first kappa shape index (κ1) is 12.0. The zero-order valence-electron chi connectivity index (χ0n) is 9.60. The molecule has 0 aliphatic heterocycles. The van der Waals surface area contributed by atoms with E-state index in [-0.39, 0.29) is 6.04 Å². The van der Waals surface area contributed by atoms with Crippen molar-refractivity contribution in [3.8, 4) is 0 Å². The Balaban J connectivity index is 2.16. The Bertz CT molecular complexity index is 499. The Morgan fingerprint density at radius 3 is 2.76 bits per heavy atom. The standard InChI is InChI=1S/C13H14ClN3/c1-9-2-3-10(12(14)6-9)7-13(15)11-4-5-16-17-8-11/h2-6,8,13H,7,15H2,1H3. The van der Waals surface area contributed by atoms with Crippen LogP contribution in [0.5, 0.6) is 0 Å². The minimum absolute atomic E-state index is 0.106. The molecule has 0 amide bonds. The highest BCUT2D eigenvalue weighted by Crippen LogP contribution is 2.22. The highest BCUT2D eigenvalue weighted by molar-refractivity contribution is 6.31. The molecule has 3 nitrogen and oxygen atoms in total. The Morgan fingerprint density at radius 2 is 2.12 bits per heavy atom. The van der Waals surface area contributed by atoms with Gasteiger partial charge in [-0.2, -0.15) is 10.2 Å². The zero-order chi connectivity index (χ0) is 12.3. The second kappa shape index (κ2) is 5.25. The molecule has 1 heterocycles. The average Bonchev–Trinajstić information content (AvgIpc) is 2.34. The molecular formula is C13H14ClN3. The van der Waals surface area contributed by atoms with Crippen LogP contribution in [0.2, 0.25) is 5.02 Å². The molecule has 1 unspecified atom stereocenters. The number of nitrogens with zero attached hydrogens (tertiary/aromatic N) is 2. The van der Waals surface area contributed by atoms with E-state index in [1.165, 1.54) is 0 Å². The van der Waals surface area contributed by atoms with Gasteiger partial charge in [0, 0.05) is 17.3 Å². The molecule has 1 aromatic carbocycles. The van der Waals surface area contributed by atoms with Gasteiger partial charge in [-0.3, -0.25) is 0 Å². The topological polar surface area (TPSA) is 51.8 Å². The third kappa shape index (κ3) is 3.02. The molecule has 0 spiro atoms. The van der Waals surface area contributed by atoms with E-state index in [0.29, 0.717) is 6.42 Å². The molecule has 0 radical (unpaired) electrons. The molecule has 2 aromatic rings. The van der Waals surface area contributed by atoms with E-state index < -0.39 is 0 Å². The predicted octanol–water partition coefficient (Wildman–Crippen LogP) is 2.68. The van der Waals surface area contributed by atoms with Crippen molar-refractivity contribution in [3.05, 3.63) is 58.4 Å². The number of nitrogens with two attached hydrogens (primary N) is 1. The summed E-state index contributed by atoms with van der Waals surface area (Å²) in [6.45, 7) is 2.02. The first-order chi connectivity index (χ1) is 8.16. The van der Waals surface area contributed by atoms with Crippen LogP contribution in [-0.4, -0.2) is 10.2 Å². The summed E-state index contributed by atoms with van der Waals surface area (Å²) in [4.78, 5) is 0. The minimum Gasteiger partial charge on any atom is -0.324 e. The number of hydrogen-bond acceptors (Lipinski definition) is 3. The van der Waals surface area contributed by atoms with Crippen molar-refractivity contribution in [1.29, 1.82) is 0 Å². The lowest BCUT2D eigenvalue weighted by Gasteiger charge is -2.12. The van der Waals surface area contributed by atoms with E-state index in [1.54, 1.807) is 12.4 Å². The summed E-state index contributed by atoms with van der Waals surface area (Å²) < 4.78 is 0. The van der Waals surface area contributed by atoms with Crippen molar-refractivity contribution in [1.82, 2.24) is 10.2 Å². The molecule has 88 valence electrons. The first-order valence-electron chi connectivity index (χ1n) is 5.44. The fourth-order valence-electron chi connectivity index (χ4n) is 1.69. The van der Waals surface area contributed by atoms with Crippen LogP contribution in [0.4, 0.5) is 0 Å². The van der Waals surface area contributed by atoms with Crippen LogP contribution in [0.1, 0.15) is 22.7 Å². The van der Waals surface area contributed by atoms with Gasteiger partial charge in [-0.05, 0) is 42.2 Å². The average molecular weight is 248 g/mol. The van der Waals surface area contributed by atoms with E-state index in [4.69, 9.17) is 17.3 Å². The van der Waals surface area contributed by atoms with Crippen LogP contribution < -0.4 is 5.73 Å². The van der Waals surface area contributed by atoms with Crippen LogP contribution in [-0.2, 0) is 6.42 Å². The molecule has 0 aliphatic carbocycles. The van der Waals surface area contributed by atoms with Gasteiger partial charge in [0.25, 0.3) is 0 Å². The van der Waals surface area contributed by atoms with Gasteiger partial charge in [-0.1, -0.05) is 23.7 Å². The third-order valence-corrected chi connectivity index (χ3v) is 3.04. The van der Waals surface area contributed by atoms with Gasteiger partial charge in [-0.15, -0.1) is 0 Å². The van der Waals surface area contributed by atoms with Crippen molar-refractivity contribution < 1.29 is 0 Å². The second-order valence-electron chi connectivity index (χ2n) is 4.08. The highest BCUT2D eigenvalue weighted by atomic mass is 35.5. The van der Waals surface area contributed by atoms with Crippen LogP contribution in [0, 0.1) is 6.92 Å². The molecule has 0 saturated heterocycles. The van der Waals surface area contributed by atoms with Gasteiger partial charge in [0.1, 0.15) is 0 Å². The Hall–Kier alpha value is -1.45. The van der Waals surface area contributed by atoms with E-state index in [2.05, 4.69) is 10.2 Å². The van der Waals surface area contributed by atoms with Crippen molar-refractivity contribution in [2.75, 3.05) is 0 Å². The highest BCUT2D eigenvalue weighted by Gasteiger charge is 2.09. The summed E-state index contributed by atoms with van der Waals surface area (Å²) in [5.74, 6) is 0. The summed E-state index contributed by atoms with van der Waals surface area (Å²) in [5.41, 5.74) is 9.28. The lowest BCUT2D eigenvalue weighted by Crippen LogP contribution is -2.14. The van der Waals surface area contributed by atoms with Crippen LogP contribution in [0.3, 0.4) is 0 Å². The van der Waals surface area contributed by atoms with Crippen molar-refractivity contribution >= 4 is 11.6 Å². The SMILES string of the molecule is Cc1ccc(CC(N)c2ccnnc2)c(Cl)c1. The van der Waals surface area contributed by atoms with Gasteiger partial charge >= 0.3 is 0 Å². The molecule has 0 fully saturated rings. The summed E-state index contributed by atoms with van der Waals surface area (Å²) in [6.07, 6.45) is 4.03. The van der Waals surface area contributed by atoms with Gasteiger partial charge in [0.05, 0.1) is 6.20 Å². The third-order valence-electron chi connectivity index (χ3n) is 2.68. The normalized spacial score (nSPS) is 12.4. The Morgan fingerprint density at radius 1 is 1.29 bits per heavy atom. The van der Waals surface area contributed by atoms with Gasteiger partial charge in [0.2, 0.25) is 0 Å². The molecule has 0 saturated carbocycles. The number of aromatic nitrogens is 2. The summed E-state index contributed by atoms with van der Waals surface area (Å²) in [7, 11) is 0. The van der Waals surface area contributed by atoms with Crippen LogP contribution >= 0.6 is 11.6 Å². The van der Waals surface area contributed by atoms with E-state index in [0.717, 1.165) is 21.7 Å². The minimum atomic E-state index is -0.106. The number of aryl methyl sites for hydroxylation is 1. The summed E-state index contributed by atoms with van der Waals surface area (Å²) in [5, 5.41) is 8.32. The molecular weight excluding hydrogens is 234 g/mol. The maximum atomic E-state index is 6.18. The monoisotopic (exact) mass is 247 g/mol. The molecule has 0 aliphatic rings. The van der Waals surface area contributed by atoms with Gasteiger partial charge in [-0.25, -0.2) is 0 Å². The largest absolute Gasteiger partial charge is 0.324 e. The summed E-state index contributed by atoms with van der Waals surface area (Å²) >= 11 is 6.18. The molecule has 0 bridgehead atoms. The molecule has 17 heavy (non-hydrogen) atoms. The molecule has 2 N–H and O–H groups in total. The molecule has 1 atom stereocenters. The number of benzene rings is 1. The van der Waals surface area contributed by atoms with E-state index in [1.807, 2.05) is 31.2 Å². The number of halogens is 1. The van der Waals surface area contributed by atoms with Crippen molar-refractivity contribution in [3.63, 3.8) is 0 Å².